The predicted octanol–water partition coefficient (Wildman–Crippen LogP) is 3.08. The highest BCUT2D eigenvalue weighted by atomic mass is 35.5. The third kappa shape index (κ3) is 2.67. The van der Waals surface area contributed by atoms with Crippen LogP contribution in [0.25, 0.3) is 0 Å². The minimum atomic E-state index is 0.00879. The number of methoxy groups -OCH3 is 1. The highest BCUT2D eigenvalue weighted by Gasteiger charge is 2.26. The number of benzene rings is 1. The van der Waals surface area contributed by atoms with Crippen molar-refractivity contribution in [3.63, 3.8) is 0 Å². The average molecular weight is 346 g/mol. The molecule has 5 nitrogen and oxygen atoms in total. The molecule has 0 radical (unpaired) electrons. The first kappa shape index (κ1) is 15.5. The Bertz CT molecular complexity index is 776. The van der Waals surface area contributed by atoms with Gasteiger partial charge in [0.25, 0.3) is 5.91 Å². The number of carbonyl (C=O) groups excluding carboxylic acids is 1. The fourth-order valence-electron chi connectivity index (χ4n) is 3.57. The molecule has 1 aromatic heterocycles. The Kier molecular flexibility index (Phi) is 3.96. The number of aromatic nitrogens is 2. The van der Waals surface area contributed by atoms with Crippen molar-refractivity contribution in [2.45, 2.75) is 38.8 Å². The standard InChI is InChI=1S/C18H20ClN3O2/c1-24-17-9-12-5-7-21(11-13(12)8-15(17)19)18(23)16-10-14-4-2-3-6-22(14)20-16/h8-10H,2-7,11H2,1H3. The molecular weight excluding hydrogens is 326 g/mol. The lowest BCUT2D eigenvalue weighted by molar-refractivity contribution is 0.0727. The summed E-state index contributed by atoms with van der Waals surface area (Å²) in [6.07, 6.45) is 4.14. The van der Waals surface area contributed by atoms with Gasteiger partial charge in [-0.1, -0.05) is 11.6 Å². The maximum absolute atomic E-state index is 12.8. The zero-order valence-corrected chi connectivity index (χ0v) is 14.5. The van der Waals surface area contributed by atoms with Gasteiger partial charge in [-0.05, 0) is 55.0 Å². The molecule has 0 fully saturated rings. The van der Waals surface area contributed by atoms with Crippen LogP contribution in [0.4, 0.5) is 0 Å². The minimum absolute atomic E-state index is 0.00879. The molecule has 1 amide bonds. The minimum Gasteiger partial charge on any atom is -0.495 e. The first-order valence-corrected chi connectivity index (χ1v) is 8.75. The lowest BCUT2D eigenvalue weighted by atomic mass is 9.99. The van der Waals surface area contributed by atoms with Gasteiger partial charge in [0.2, 0.25) is 0 Å². The Balaban J connectivity index is 1.56. The largest absolute Gasteiger partial charge is 0.495 e. The van der Waals surface area contributed by atoms with E-state index in [9.17, 15) is 4.79 Å². The van der Waals surface area contributed by atoms with Crippen molar-refractivity contribution in [3.8, 4) is 5.75 Å². The van der Waals surface area contributed by atoms with E-state index in [2.05, 4.69) is 5.10 Å². The lowest BCUT2D eigenvalue weighted by Crippen LogP contribution is -2.36. The van der Waals surface area contributed by atoms with E-state index in [0.29, 0.717) is 29.6 Å². The quantitative estimate of drug-likeness (QED) is 0.840. The van der Waals surface area contributed by atoms with Gasteiger partial charge in [-0.3, -0.25) is 9.48 Å². The van der Waals surface area contributed by atoms with E-state index in [1.54, 1.807) is 7.11 Å². The second kappa shape index (κ2) is 6.13. The van der Waals surface area contributed by atoms with E-state index >= 15 is 0 Å². The van der Waals surface area contributed by atoms with E-state index < -0.39 is 0 Å². The summed E-state index contributed by atoms with van der Waals surface area (Å²) in [6.45, 7) is 2.18. The Morgan fingerprint density at radius 3 is 2.83 bits per heavy atom. The molecule has 0 N–H and O–H groups in total. The number of carbonyl (C=O) groups is 1. The van der Waals surface area contributed by atoms with Gasteiger partial charge in [0, 0.05) is 25.3 Å². The molecule has 126 valence electrons. The van der Waals surface area contributed by atoms with Crippen molar-refractivity contribution in [1.82, 2.24) is 14.7 Å². The smallest absolute Gasteiger partial charge is 0.274 e. The van der Waals surface area contributed by atoms with Gasteiger partial charge < -0.3 is 9.64 Å². The molecule has 0 atom stereocenters. The molecule has 2 aliphatic rings. The molecule has 0 saturated heterocycles. The van der Waals surface area contributed by atoms with Gasteiger partial charge in [-0.25, -0.2) is 0 Å². The van der Waals surface area contributed by atoms with Crippen molar-refractivity contribution in [1.29, 1.82) is 0 Å². The molecule has 0 aliphatic carbocycles. The highest BCUT2D eigenvalue weighted by molar-refractivity contribution is 6.32. The van der Waals surface area contributed by atoms with Crippen LogP contribution >= 0.6 is 11.6 Å². The highest BCUT2D eigenvalue weighted by Crippen LogP contribution is 2.31. The van der Waals surface area contributed by atoms with Crippen LogP contribution in [0, 0.1) is 0 Å². The van der Waals surface area contributed by atoms with Crippen LogP contribution in [-0.4, -0.2) is 34.2 Å². The molecule has 1 aromatic carbocycles. The Hall–Kier alpha value is -2.01. The van der Waals surface area contributed by atoms with Gasteiger partial charge in [0.05, 0.1) is 12.1 Å². The fraction of sp³-hybridized carbons (Fsp3) is 0.444. The number of aryl methyl sites for hydroxylation is 2. The molecule has 6 heteroatoms. The summed E-state index contributed by atoms with van der Waals surface area (Å²) in [5, 5.41) is 5.09. The fourth-order valence-corrected chi connectivity index (χ4v) is 3.83. The molecule has 24 heavy (non-hydrogen) atoms. The topological polar surface area (TPSA) is 47.4 Å². The maximum atomic E-state index is 12.8. The summed E-state index contributed by atoms with van der Waals surface area (Å²) in [5.41, 5.74) is 4.03. The number of rotatable bonds is 2. The summed E-state index contributed by atoms with van der Waals surface area (Å²) in [6, 6.07) is 5.85. The molecule has 0 unspecified atom stereocenters. The summed E-state index contributed by atoms with van der Waals surface area (Å²) in [5.74, 6) is 0.700. The van der Waals surface area contributed by atoms with Gasteiger partial charge in [-0.15, -0.1) is 0 Å². The van der Waals surface area contributed by atoms with Crippen molar-refractivity contribution in [3.05, 3.63) is 45.7 Å². The first-order chi connectivity index (χ1) is 11.7. The summed E-state index contributed by atoms with van der Waals surface area (Å²) < 4.78 is 7.26. The lowest BCUT2D eigenvalue weighted by Gasteiger charge is -2.28. The number of hydrogen-bond acceptors (Lipinski definition) is 3. The Labute approximate surface area is 146 Å². The predicted molar refractivity (Wildman–Crippen MR) is 91.6 cm³/mol. The third-order valence-electron chi connectivity index (χ3n) is 4.91. The molecule has 0 saturated carbocycles. The monoisotopic (exact) mass is 345 g/mol. The van der Waals surface area contributed by atoms with Crippen molar-refractivity contribution in [2.75, 3.05) is 13.7 Å². The van der Waals surface area contributed by atoms with Crippen LogP contribution < -0.4 is 4.74 Å². The van der Waals surface area contributed by atoms with E-state index in [1.807, 2.05) is 27.8 Å². The van der Waals surface area contributed by atoms with Crippen molar-refractivity contribution in [2.24, 2.45) is 0 Å². The molecule has 3 heterocycles. The number of amides is 1. The van der Waals surface area contributed by atoms with Crippen LogP contribution in [0.15, 0.2) is 18.2 Å². The zero-order chi connectivity index (χ0) is 16.7. The van der Waals surface area contributed by atoms with E-state index in [0.717, 1.165) is 31.4 Å². The zero-order valence-electron chi connectivity index (χ0n) is 13.7. The Morgan fingerprint density at radius 1 is 1.17 bits per heavy atom. The van der Waals surface area contributed by atoms with Gasteiger partial charge >= 0.3 is 0 Å². The first-order valence-electron chi connectivity index (χ1n) is 8.37. The maximum Gasteiger partial charge on any atom is 0.274 e. The van der Waals surface area contributed by atoms with E-state index in [1.165, 1.54) is 17.7 Å². The van der Waals surface area contributed by atoms with Gasteiger partial charge in [0.1, 0.15) is 5.75 Å². The molecule has 2 aromatic rings. The molecule has 2 aliphatic heterocycles. The third-order valence-corrected chi connectivity index (χ3v) is 5.20. The van der Waals surface area contributed by atoms with Crippen LogP contribution in [0.3, 0.4) is 0 Å². The number of nitrogens with zero attached hydrogens (tertiary/aromatic N) is 3. The van der Waals surface area contributed by atoms with Crippen LogP contribution in [0.5, 0.6) is 5.75 Å². The van der Waals surface area contributed by atoms with Crippen molar-refractivity contribution < 1.29 is 9.53 Å². The Morgan fingerprint density at radius 2 is 2.04 bits per heavy atom. The molecule has 0 bridgehead atoms. The molecule has 4 rings (SSSR count). The van der Waals surface area contributed by atoms with E-state index in [4.69, 9.17) is 16.3 Å². The van der Waals surface area contributed by atoms with Gasteiger partial charge in [0.15, 0.2) is 5.69 Å². The normalized spacial score (nSPS) is 16.5. The second-order valence-corrected chi connectivity index (χ2v) is 6.84. The number of fused-ring (bicyclic) bond motifs is 2. The summed E-state index contributed by atoms with van der Waals surface area (Å²) in [4.78, 5) is 14.7. The number of hydrogen-bond donors (Lipinski definition) is 0. The van der Waals surface area contributed by atoms with Crippen LogP contribution in [-0.2, 0) is 25.9 Å². The number of halogens is 1. The van der Waals surface area contributed by atoms with Crippen LogP contribution in [0.1, 0.15) is 40.2 Å². The SMILES string of the molecule is COc1cc2c(cc1Cl)CN(C(=O)c1cc3n(n1)CCCC3)CC2. The summed E-state index contributed by atoms with van der Waals surface area (Å²) in [7, 11) is 1.62. The van der Waals surface area contributed by atoms with Gasteiger partial charge in [-0.2, -0.15) is 5.10 Å². The van der Waals surface area contributed by atoms with E-state index in [-0.39, 0.29) is 5.91 Å². The van der Waals surface area contributed by atoms with Crippen LogP contribution in [0.2, 0.25) is 5.02 Å². The second-order valence-electron chi connectivity index (χ2n) is 6.43. The number of ether oxygens (including phenoxy) is 1. The summed E-state index contributed by atoms with van der Waals surface area (Å²) >= 11 is 6.23. The van der Waals surface area contributed by atoms with Crippen molar-refractivity contribution >= 4 is 17.5 Å². The molecule has 0 spiro atoms. The molecular formula is C18H20ClN3O2. The average Bonchev–Trinajstić information content (AvgIpc) is 3.04.